The van der Waals surface area contributed by atoms with E-state index in [1.165, 1.54) is 4.70 Å². The predicted molar refractivity (Wildman–Crippen MR) is 94.7 cm³/mol. The van der Waals surface area contributed by atoms with Crippen molar-refractivity contribution in [2.75, 3.05) is 7.11 Å². The lowest BCUT2D eigenvalue weighted by molar-refractivity contribution is -0.152. The van der Waals surface area contributed by atoms with Gasteiger partial charge in [-0.1, -0.05) is 18.2 Å². The van der Waals surface area contributed by atoms with Crippen LogP contribution in [0.1, 0.15) is 12.5 Å². The highest BCUT2D eigenvalue weighted by Gasteiger charge is 2.17. The fraction of sp³-hybridized carbons (Fsp3) is 0.211. The van der Waals surface area contributed by atoms with E-state index in [0.717, 1.165) is 16.7 Å². The van der Waals surface area contributed by atoms with Crippen molar-refractivity contribution in [2.24, 2.45) is 0 Å². The van der Waals surface area contributed by atoms with Crippen LogP contribution in [0.3, 0.4) is 0 Å². The lowest BCUT2D eigenvalue weighted by Gasteiger charge is -2.14. The Labute approximate surface area is 144 Å². The summed E-state index contributed by atoms with van der Waals surface area (Å²) in [6.07, 6.45) is -0.678. The van der Waals surface area contributed by atoms with Gasteiger partial charge >= 0.3 is 5.97 Å². The van der Waals surface area contributed by atoms with Crippen molar-refractivity contribution in [3.63, 3.8) is 0 Å². The van der Waals surface area contributed by atoms with Crippen molar-refractivity contribution >= 4 is 27.4 Å². The summed E-state index contributed by atoms with van der Waals surface area (Å²) in [5, 5.41) is 3.14. The Morgan fingerprint density at radius 3 is 2.54 bits per heavy atom. The van der Waals surface area contributed by atoms with Gasteiger partial charge in [-0.15, -0.1) is 11.3 Å². The van der Waals surface area contributed by atoms with E-state index in [2.05, 4.69) is 6.07 Å². The van der Waals surface area contributed by atoms with Gasteiger partial charge in [0.1, 0.15) is 18.1 Å². The minimum atomic E-state index is -0.678. The summed E-state index contributed by atoms with van der Waals surface area (Å²) in [7, 11) is 1.60. The molecule has 0 aliphatic heterocycles. The number of methoxy groups -OCH3 is 1. The second-order valence-electron chi connectivity index (χ2n) is 5.30. The fourth-order valence-corrected chi connectivity index (χ4v) is 3.26. The van der Waals surface area contributed by atoms with Crippen molar-refractivity contribution in [3.05, 3.63) is 59.5 Å². The largest absolute Gasteiger partial charge is 0.497 e. The van der Waals surface area contributed by atoms with E-state index in [-0.39, 0.29) is 12.6 Å². The van der Waals surface area contributed by atoms with Gasteiger partial charge in [-0.05, 0) is 48.0 Å². The summed E-state index contributed by atoms with van der Waals surface area (Å²) in [4.78, 5) is 12.1. The number of benzene rings is 2. The zero-order chi connectivity index (χ0) is 16.9. The van der Waals surface area contributed by atoms with Gasteiger partial charge in [0.15, 0.2) is 6.10 Å². The van der Waals surface area contributed by atoms with Crippen LogP contribution in [0.5, 0.6) is 11.5 Å². The molecule has 0 aliphatic rings. The molecule has 0 N–H and O–H groups in total. The summed E-state index contributed by atoms with van der Waals surface area (Å²) < 4.78 is 17.3. The zero-order valence-corrected chi connectivity index (χ0v) is 14.3. The van der Waals surface area contributed by atoms with Crippen LogP contribution >= 0.6 is 11.3 Å². The molecule has 0 saturated carbocycles. The van der Waals surface area contributed by atoms with Crippen LogP contribution < -0.4 is 9.47 Å². The Bertz CT molecular complexity index is 823. The quantitative estimate of drug-likeness (QED) is 0.622. The molecule has 2 aromatic carbocycles. The lowest BCUT2D eigenvalue weighted by atomic mass is 10.2. The SMILES string of the molecule is COc1ccc(OC(C)C(=O)OCc2csc3ccccc23)cc1. The normalized spacial score (nSPS) is 11.9. The van der Waals surface area contributed by atoms with Crippen molar-refractivity contribution in [1.82, 2.24) is 0 Å². The molecule has 24 heavy (non-hydrogen) atoms. The van der Waals surface area contributed by atoms with Crippen LogP contribution in [0, 0.1) is 0 Å². The van der Waals surface area contributed by atoms with Crippen LogP contribution in [0.4, 0.5) is 0 Å². The maximum Gasteiger partial charge on any atom is 0.347 e. The third-order valence-electron chi connectivity index (χ3n) is 3.64. The number of thiophene rings is 1. The first-order chi connectivity index (χ1) is 11.7. The third kappa shape index (κ3) is 3.68. The van der Waals surface area contributed by atoms with Crippen molar-refractivity contribution < 1.29 is 19.0 Å². The lowest BCUT2D eigenvalue weighted by Crippen LogP contribution is -2.25. The van der Waals surface area contributed by atoms with Crippen molar-refractivity contribution in [2.45, 2.75) is 19.6 Å². The molecule has 124 valence electrons. The van der Waals surface area contributed by atoms with Crippen molar-refractivity contribution in [3.8, 4) is 11.5 Å². The summed E-state index contributed by atoms with van der Waals surface area (Å²) in [5.74, 6) is 0.948. The average Bonchev–Trinajstić information content (AvgIpc) is 3.03. The number of fused-ring (bicyclic) bond motifs is 1. The molecule has 0 amide bonds. The average molecular weight is 342 g/mol. The number of hydrogen-bond donors (Lipinski definition) is 0. The highest BCUT2D eigenvalue weighted by molar-refractivity contribution is 7.17. The highest BCUT2D eigenvalue weighted by atomic mass is 32.1. The third-order valence-corrected chi connectivity index (χ3v) is 4.65. The van der Waals surface area contributed by atoms with E-state index in [4.69, 9.17) is 14.2 Å². The van der Waals surface area contributed by atoms with E-state index in [9.17, 15) is 4.79 Å². The first-order valence-electron chi connectivity index (χ1n) is 7.60. The van der Waals surface area contributed by atoms with Gasteiger partial charge in [0.25, 0.3) is 0 Å². The molecule has 0 radical (unpaired) electrons. The molecule has 1 heterocycles. The molecule has 0 bridgehead atoms. The number of esters is 1. The number of hydrogen-bond acceptors (Lipinski definition) is 5. The number of carbonyl (C=O) groups is 1. The van der Waals surface area contributed by atoms with Crippen LogP contribution in [-0.2, 0) is 16.1 Å². The monoisotopic (exact) mass is 342 g/mol. The Kier molecular flexibility index (Phi) is 5.01. The summed E-state index contributed by atoms with van der Waals surface area (Å²) in [6.45, 7) is 1.93. The van der Waals surface area contributed by atoms with Gasteiger partial charge < -0.3 is 14.2 Å². The van der Waals surface area contributed by atoms with E-state index in [0.29, 0.717) is 5.75 Å². The fourth-order valence-electron chi connectivity index (χ4n) is 2.32. The van der Waals surface area contributed by atoms with E-state index in [1.807, 2.05) is 23.6 Å². The number of carbonyl (C=O) groups excluding carboxylic acids is 1. The standard InChI is InChI=1S/C19H18O4S/c1-13(23-16-9-7-15(21-2)8-10-16)19(20)22-11-14-12-24-18-6-4-3-5-17(14)18/h3-10,12-13H,11H2,1-2H3. The second kappa shape index (κ2) is 7.36. The molecule has 3 rings (SSSR count). The zero-order valence-electron chi connectivity index (χ0n) is 13.5. The molecule has 3 aromatic rings. The molecule has 0 aliphatic carbocycles. The summed E-state index contributed by atoms with van der Waals surface area (Å²) in [5.41, 5.74) is 1.01. The Balaban J connectivity index is 1.57. The molecule has 0 saturated heterocycles. The molecule has 0 fully saturated rings. The summed E-state index contributed by atoms with van der Waals surface area (Å²) in [6, 6.07) is 15.2. The molecule has 5 heteroatoms. The van der Waals surface area contributed by atoms with E-state index < -0.39 is 6.10 Å². The smallest absolute Gasteiger partial charge is 0.347 e. The molecule has 1 unspecified atom stereocenters. The van der Waals surface area contributed by atoms with Crippen LogP contribution in [0.2, 0.25) is 0 Å². The molecule has 4 nitrogen and oxygen atoms in total. The summed E-state index contributed by atoms with van der Waals surface area (Å²) >= 11 is 1.65. The van der Waals surface area contributed by atoms with Crippen LogP contribution in [-0.4, -0.2) is 19.2 Å². The first kappa shape index (κ1) is 16.3. The van der Waals surface area contributed by atoms with Gasteiger partial charge in [-0.2, -0.15) is 0 Å². The van der Waals surface area contributed by atoms with E-state index >= 15 is 0 Å². The molecular formula is C19H18O4S. The maximum atomic E-state index is 12.1. The van der Waals surface area contributed by atoms with Gasteiger partial charge in [-0.3, -0.25) is 0 Å². The minimum Gasteiger partial charge on any atom is -0.497 e. The Morgan fingerprint density at radius 1 is 1.08 bits per heavy atom. The van der Waals surface area contributed by atoms with E-state index in [1.54, 1.807) is 49.6 Å². The molecule has 1 aromatic heterocycles. The second-order valence-corrected chi connectivity index (χ2v) is 6.21. The maximum absolute atomic E-state index is 12.1. The minimum absolute atomic E-state index is 0.249. The van der Waals surface area contributed by atoms with Gasteiger partial charge in [0, 0.05) is 10.3 Å². The number of rotatable bonds is 6. The topological polar surface area (TPSA) is 44.8 Å². The molecule has 1 atom stereocenters. The van der Waals surface area contributed by atoms with Gasteiger partial charge in [0.2, 0.25) is 0 Å². The first-order valence-corrected chi connectivity index (χ1v) is 8.48. The predicted octanol–water partition coefficient (Wildman–Crippen LogP) is 4.42. The van der Waals surface area contributed by atoms with Crippen molar-refractivity contribution in [1.29, 1.82) is 0 Å². The van der Waals surface area contributed by atoms with Gasteiger partial charge in [0.05, 0.1) is 7.11 Å². The van der Waals surface area contributed by atoms with Gasteiger partial charge in [-0.25, -0.2) is 4.79 Å². The highest BCUT2D eigenvalue weighted by Crippen LogP contribution is 2.26. The molecule has 0 spiro atoms. The van der Waals surface area contributed by atoms with Crippen LogP contribution in [0.25, 0.3) is 10.1 Å². The number of ether oxygens (including phenoxy) is 3. The Morgan fingerprint density at radius 2 is 1.79 bits per heavy atom. The molecular weight excluding hydrogens is 324 g/mol. The van der Waals surface area contributed by atoms with Crippen LogP contribution in [0.15, 0.2) is 53.9 Å². The Hall–Kier alpha value is -2.53.